The number of aryl methyl sites for hydroxylation is 1. The Kier molecular flexibility index (Phi) is 7.96. The van der Waals surface area contributed by atoms with Crippen LogP contribution in [0.2, 0.25) is 0 Å². The van der Waals surface area contributed by atoms with Crippen LogP contribution in [-0.2, 0) is 9.53 Å². The predicted molar refractivity (Wildman–Crippen MR) is 140 cm³/mol. The van der Waals surface area contributed by atoms with Crippen molar-refractivity contribution in [1.82, 2.24) is 0 Å². The fourth-order valence-corrected chi connectivity index (χ4v) is 3.79. The van der Waals surface area contributed by atoms with E-state index >= 15 is 0 Å². The Morgan fingerprint density at radius 1 is 0.921 bits per heavy atom. The van der Waals surface area contributed by atoms with E-state index in [0.717, 1.165) is 5.56 Å². The molecule has 1 aliphatic heterocycles. The number of carbonyl (C=O) groups excluding carboxylic acids is 2. The molecule has 0 bridgehead atoms. The molecule has 0 aromatic heterocycles. The lowest BCUT2D eigenvalue weighted by molar-refractivity contribution is -0.129. The fraction of sp³-hybridized carbons (Fsp3) is 0.207. The summed E-state index contributed by atoms with van der Waals surface area (Å²) in [5.74, 6) is 0.784. The van der Waals surface area contributed by atoms with Crippen molar-refractivity contribution in [3.8, 4) is 28.7 Å². The topological polar surface area (TPSA) is 102 Å². The molecule has 3 aromatic carbocycles. The molecule has 1 heterocycles. The number of ether oxygens (including phenoxy) is 6. The molecule has 0 N–H and O–H groups in total. The van der Waals surface area contributed by atoms with Crippen molar-refractivity contribution in [3.63, 3.8) is 0 Å². The first-order valence-electron chi connectivity index (χ1n) is 11.8. The third-order valence-corrected chi connectivity index (χ3v) is 5.56. The van der Waals surface area contributed by atoms with Crippen molar-refractivity contribution in [3.05, 3.63) is 82.5 Å². The Morgan fingerprint density at radius 3 is 2.29 bits per heavy atom. The van der Waals surface area contributed by atoms with Crippen molar-refractivity contribution in [2.24, 2.45) is 4.99 Å². The first-order chi connectivity index (χ1) is 18.4. The van der Waals surface area contributed by atoms with Gasteiger partial charge in [0.05, 0.1) is 33.5 Å². The number of methoxy groups -OCH3 is 3. The molecule has 196 valence electrons. The van der Waals surface area contributed by atoms with Crippen LogP contribution in [0.15, 0.2) is 65.3 Å². The Balaban J connectivity index is 1.63. The summed E-state index contributed by atoms with van der Waals surface area (Å²) in [7, 11) is 4.48. The molecule has 9 heteroatoms. The summed E-state index contributed by atoms with van der Waals surface area (Å²) in [5.41, 5.74) is 2.54. The summed E-state index contributed by atoms with van der Waals surface area (Å²) in [4.78, 5) is 29.6. The third kappa shape index (κ3) is 5.62. The first kappa shape index (κ1) is 26.3. The minimum absolute atomic E-state index is 0.0840. The number of rotatable bonds is 9. The highest BCUT2D eigenvalue weighted by atomic mass is 16.6. The van der Waals surface area contributed by atoms with Crippen LogP contribution in [0, 0.1) is 6.92 Å². The number of carbonyl (C=O) groups is 2. The van der Waals surface area contributed by atoms with Gasteiger partial charge in [0, 0.05) is 5.56 Å². The third-order valence-electron chi connectivity index (χ3n) is 5.56. The van der Waals surface area contributed by atoms with Gasteiger partial charge in [-0.3, -0.25) is 0 Å². The molecule has 3 aromatic rings. The molecule has 4 rings (SSSR count). The second-order valence-electron chi connectivity index (χ2n) is 8.15. The second kappa shape index (κ2) is 11.5. The fourth-order valence-electron chi connectivity index (χ4n) is 3.79. The molecule has 0 fully saturated rings. The van der Waals surface area contributed by atoms with Crippen LogP contribution in [0.3, 0.4) is 0 Å². The Bertz CT molecular complexity index is 1420. The molecule has 38 heavy (non-hydrogen) atoms. The average Bonchev–Trinajstić information content (AvgIpc) is 3.29. The van der Waals surface area contributed by atoms with Gasteiger partial charge in [0.25, 0.3) is 0 Å². The zero-order valence-electron chi connectivity index (χ0n) is 21.7. The Hall–Kier alpha value is -4.79. The van der Waals surface area contributed by atoms with Crippen LogP contribution in [0.4, 0.5) is 0 Å². The molecule has 0 spiro atoms. The quantitative estimate of drug-likeness (QED) is 0.222. The minimum atomic E-state index is -0.623. The summed E-state index contributed by atoms with van der Waals surface area (Å²) in [5, 5.41) is 0. The minimum Gasteiger partial charge on any atom is -0.493 e. The molecule has 0 saturated carbocycles. The zero-order chi connectivity index (χ0) is 27.2. The Morgan fingerprint density at radius 2 is 1.66 bits per heavy atom. The highest BCUT2D eigenvalue weighted by Gasteiger charge is 2.27. The van der Waals surface area contributed by atoms with Crippen LogP contribution in [-0.4, -0.2) is 45.8 Å². The normalized spacial score (nSPS) is 13.6. The van der Waals surface area contributed by atoms with Gasteiger partial charge in [-0.15, -0.1) is 0 Å². The highest BCUT2D eigenvalue weighted by Crippen LogP contribution is 2.39. The lowest BCUT2D eigenvalue weighted by atomic mass is 10.1. The predicted octanol–water partition coefficient (Wildman–Crippen LogP) is 4.98. The molecule has 9 nitrogen and oxygen atoms in total. The van der Waals surface area contributed by atoms with Gasteiger partial charge >= 0.3 is 11.9 Å². The summed E-state index contributed by atoms with van der Waals surface area (Å²) in [6, 6.07) is 15.4. The van der Waals surface area contributed by atoms with Gasteiger partial charge in [-0.1, -0.05) is 23.8 Å². The van der Waals surface area contributed by atoms with Gasteiger partial charge in [0.15, 0.2) is 28.7 Å². The van der Waals surface area contributed by atoms with E-state index in [1.54, 1.807) is 54.6 Å². The molecule has 0 atom stereocenters. The van der Waals surface area contributed by atoms with Crippen molar-refractivity contribution < 1.29 is 38.0 Å². The van der Waals surface area contributed by atoms with Crippen molar-refractivity contribution in [2.75, 3.05) is 27.9 Å². The van der Waals surface area contributed by atoms with E-state index in [-0.39, 0.29) is 17.3 Å². The van der Waals surface area contributed by atoms with Crippen LogP contribution in [0.1, 0.15) is 34.0 Å². The van der Waals surface area contributed by atoms with Crippen molar-refractivity contribution in [1.29, 1.82) is 0 Å². The Labute approximate surface area is 220 Å². The standard InChI is InChI=1S/C29H27NO8/c1-6-36-23-14-18(10-11-22(23)37-28(31)19-9-7-8-17(2)12-19)13-21-29(32)38-27(30-21)20-15-24(33-3)26(35-5)25(16-20)34-4/h7-16H,6H2,1-5H3/b21-13+. The highest BCUT2D eigenvalue weighted by molar-refractivity contribution is 6.13. The summed E-state index contributed by atoms with van der Waals surface area (Å²) >= 11 is 0. The van der Waals surface area contributed by atoms with Crippen molar-refractivity contribution in [2.45, 2.75) is 13.8 Å². The van der Waals surface area contributed by atoms with Crippen molar-refractivity contribution >= 4 is 23.9 Å². The van der Waals surface area contributed by atoms with E-state index in [4.69, 9.17) is 28.4 Å². The largest absolute Gasteiger partial charge is 0.493 e. The zero-order valence-corrected chi connectivity index (χ0v) is 21.7. The van der Waals surface area contributed by atoms with Gasteiger partial charge in [-0.2, -0.15) is 0 Å². The number of benzene rings is 3. The van der Waals surface area contributed by atoms with Gasteiger partial charge in [0.2, 0.25) is 11.6 Å². The van der Waals surface area contributed by atoms with Gasteiger partial charge in [0.1, 0.15) is 0 Å². The molecular weight excluding hydrogens is 490 g/mol. The van der Waals surface area contributed by atoms with E-state index in [0.29, 0.717) is 46.3 Å². The molecule has 0 amide bonds. The van der Waals surface area contributed by atoms with Gasteiger partial charge < -0.3 is 28.4 Å². The van der Waals surface area contributed by atoms with Gasteiger partial charge in [-0.25, -0.2) is 14.6 Å². The monoisotopic (exact) mass is 517 g/mol. The number of hydrogen-bond donors (Lipinski definition) is 0. The molecule has 1 aliphatic rings. The van der Waals surface area contributed by atoms with E-state index in [1.165, 1.54) is 21.3 Å². The molecule has 0 saturated heterocycles. The number of nitrogens with zero attached hydrogens (tertiary/aromatic N) is 1. The van der Waals surface area contributed by atoms with E-state index in [1.807, 2.05) is 19.9 Å². The molecule has 0 unspecified atom stereocenters. The smallest absolute Gasteiger partial charge is 0.363 e. The van der Waals surface area contributed by atoms with E-state index in [9.17, 15) is 9.59 Å². The van der Waals surface area contributed by atoms with E-state index < -0.39 is 11.9 Å². The maximum absolute atomic E-state index is 12.6. The van der Waals surface area contributed by atoms with Crippen LogP contribution >= 0.6 is 0 Å². The lowest BCUT2D eigenvalue weighted by Crippen LogP contribution is -2.10. The van der Waals surface area contributed by atoms with Crippen LogP contribution in [0.5, 0.6) is 28.7 Å². The number of cyclic esters (lactones) is 1. The number of esters is 2. The maximum Gasteiger partial charge on any atom is 0.363 e. The van der Waals surface area contributed by atoms with E-state index in [2.05, 4.69) is 4.99 Å². The maximum atomic E-state index is 12.6. The molecular formula is C29H27NO8. The second-order valence-corrected chi connectivity index (χ2v) is 8.15. The summed E-state index contributed by atoms with van der Waals surface area (Å²) in [6.45, 7) is 4.06. The molecule has 0 aliphatic carbocycles. The number of aliphatic imine (C=N–C) groups is 1. The lowest BCUT2D eigenvalue weighted by Gasteiger charge is -2.13. The summed E-state index contributed by atoms with van der Waals surface area (Å²) < 4.78 is 32.8. The van der Waals surface area contributed by atoms with Crippen LogP contribution in [0.25, 0.3) is 6.08 Å². The summed E-state index contributed by atoms with van der Waals surface area (Å²) in [6.07, 6.45) is 1.56. The van der Waals surface area contributed by atoms with Gasteiger partial charge in [-0.05, 0) is 61.9 Å². The first-order valence-corrected chi connectivity index (χ1v) is 11.8. The number of hydrogen-bond acceptors (Lipinski definition) is 9. The SMILES string of the molecule is CCOc1cc(/C=C2/N=C(c3cc(OC)c(OC)c(OC)c3)OC2=O)ccc1OC(=O)c1cccc(C)c1. The van der Waals surface area contributed by atoms with Crippen LogP contribution < -0.4 is 23.7 Å². The average molecular weight is 518 g/mol. The molecule has 0 radical (unpaired) electrons.